The highest BCUT2D eigenvalue weighted by Gasteiger charge is 2.22. The predicted octanol–water partition coefficient (Wildman–Crippen LogP) is 3.86. The van der Waals surface area contributed by atoms with E-state index < -0.39 is 0 Å². The monoisotopic (exact) mass is 420 g/mol. The summed E-state index contributed by atoms with van der Waals surface area (Å²) in [6.07, 6.45) is 3.13. The maximum atomic E-state index is 12.6. The highest BCUT2D eigenvalue weighted by Crippen LogP contribution is 2.24. The van der Waals surface area contributed by atoms with Crippen molar-refractivity contribution in [3.05, 3.63) is 71.0 Å². The number of hydrogen-bond acceptors (Lipinski definition) is 6. The summed E-state index contributed by atoms with van der Waals surface area (Å²) in [6, 6.07) is 16.5. The molecule has 3 heterocycles. The van der Waals surface area contributed by atoms with Crippen molar-refractivity contribution in [3.8, 4) is 6.07 Å². The lowest BCUT2D eigenvalue weighted by Crippen LogP contribution is -2.44. The molecule has 0 atom stereocenters. The number of benzene rings is 1. The summed E-state index contributed by atoms with van der Waals surface area (Å²) in [5.41, 5.74) is 1.74. The zero-order chi connectivity index (χ0) is 20.9. The fourth-order valence-electron chi connectivity index (χ4n) is 3.39. The van der Waals surface area contributed by atoms with Gasteiger partial charge < -0.3 is 20.0 Å². The minimum atomic E-state index is -0.344. The van der Waals surface area contributed by atoms with Gasteiger partial charge in [-0.15, -0.1) is 11.3 Å². The Hall–Kier alpha value is -3.57. The normalized spacial score (nSPS) is 14.2. The average Bonchev–Trinajstić information content (AvgIpc) is 3.47. The van der Waals surface area contributed by atoms with Crippen molar-refractivity contribution < 1.29 is 14.0 Å². The Balaban J connectivity index is 1.28. The minimum Gasteiger partial charge on any atom is -0.459 e. The molecule has 0 aliphatic carbocycles. The van der Waals surface area contributed by atoms with Gasteiger partial charge in [0.25, 0.3) is 11.8 Å². The molecule has 2 amide bonds. The molecule has 1 aromatic carbocycles. The summed E-state index contributed by atoms with van der Waals surface area (Å²) >= 11 is 1.23. The second-order valence-electron chi connectivity index (χ2n) is 6.99. The van der Waals surface area contributed by atoms with Gasteiger partial charge in [0, 0.05) is 24.8 Å². The molecule has 0 unspecified atom stereocenters. The number of nitriles is 1. The Bertz CT molecular complexity index is 1060. The molecule has 0 spiro atoms. The van der Waals surface area contributed by atoms with E-state index in [9.17, 15) is 9.59 Å². The van der Waals surface area contributed by atoms with Crippen molar-refractivity contribution >= 4 is 33.8 Å². The van der Waals surface area contributed by atoms with Crippen molar-refractivity contribution in [3.63, 3.8) is 0 Å². The number of piperidine rings is 1. The van der Waals surface area contributed by atoms with Gasteiger partial charge in [-0.25, -0.2) is 0 Å². The van der Waals surface area contributed by atoms with Crippen LogP contribution in [0.3, 0.4) is 0 Å². The van der Waals surface area contributed by atoms with Gasteiger partial charge in [-0.2, -0.15) is 5.26 Å². The van der Waals surface area contributed by atoms with E-state index >= 15 is 0 Å². The molecule has 0 bridgehead atoms. The number of carbonyl (C=O) groups excluding carboxylic acids is 2. The molecule has 4 rings (SSSR count). The molecule has 1 aliphatic rings. The Morgan fingerprint density at radius 2 is 1.83 bits per heavy atom. The summed E-state index contributed by atoms with van der Waals surface area (Å²) in [7, 11) is 0. The van der Waals surface area contributed by atoms with Gasteiger partial charge in [0.05, 0.1) is 27.8 Å². The molecule has 30 heavy (non-hydrogen) atoms. The number of thiophene rings is 1. The molecule has 2 N–H and O–H groups in total. The number of nitrogens with zero attached hydrogens (tertiary/aromatic N) is 2. The van der Waals surface area contributed by atoms with Crippen LogP contribution >= 0.6 is 11.3 Å². The molecular weight excluding hydrogens is 400 g/mol. The van der Waals surface area contributed by atoms with Gasteiger partial charge in [-0.05, 0) is 61.4 Å². The van der Waals surface area contributed by atoms with E-state index in [0.29, 0.717) is 15.4 Å². The second kappa shape index (κ2) is 8.84. The molecule has 1 aliphatic heterocycles. The van der Waals surface area contributed by atoms with Crippen LogP contribution in [-0.4, -0.2) is 30.9 Å². The number of furan rings is 1. The number of amides is 2. The number of anilines is 2. The van der Waals surface area contributed by atoms with E-state index in [1.54, 1.807) is 24.3 Å². The zero-order valence-corrected chi connectivity index (χ0v) is 16.9. The molecule has 0 saturated carbocycles. The van der Waals surface area contributed by atoms with Crippen LogP contribution in [0.2, 0.25) is 0 Å². The lowest BCUT2D eigenvalue weighted by Gasteiger charge is -2.34. The van der Waals surface area contributed by atoms with Crippen LogP contribution in [0.1, 0.15) is 38.6 Å². The highest BCUT2D eigenvalue weighted by atomic mass is 32.1. The number of nitrogens with one attached hydrogen (secondary N) is 2. The summed E-state index contributed by atoms with van der Waals surface area (Å²) in [5.74, 6) is -0.247. The zero-order valence-electron chi connectivity index (χ0n) is 16.1. The van der Waals surface area contributed by atoms with Crippen molar-refractivity contribution in [2.45, 2.75) is 18.9 Å². The SMILES string of the molecule is N#Cc1ccc(N2CCC(NC(=O)c3ccc(NC(=O)c4ccco4)s3)CC2)cc1. The van der Waals surface area contributed by atoms with E-state index in [4.69, 9.17) is 9.68 Å². The predicted molar refractivity (Wildman–Crippen MR) is 115 cm³/mol. The summed E-state index contributed by atoms with van der Waals surface area (Å²) in [5, 5.41) is 15.3. The van der Waals surface area contributed by atoms with Crippen LogP contribution in [0.25, 0.3) is 0 Å². The van der Waals surface area contributed by atoms with Gasteiger partial charge in [-0.3, -0.25) is 9.59 Å². The topological polar surface area (TPSA) is 98.4 Å². The van der Waals surface area contributed by atoms with Gasteiger partial charge >= 0.3 is 0 Å². The summed E-state index contributed by atoms with van der Waals surface area (Å²) in [4.78, 5) is 27.4. The van der Waals surface area contributed by atoms with Gasteiger partial charge in [0.15, 0.2) is 5.76 Å². The van der Waals surface area contributed by atoms with Crippen molar-refractivity contribution in [2.75, 3.05) is 23.3 Å². The molecule has 0 radical (unpaired) electrons. The lowest BCUT2D eigenvalue weighted by molar-refractivity contribution is 0.0934. The maximum Gasteiger partial charge on any atom is 0.291 e. The first kappa shape index (κ1) is 19.7. The van der Waals surface area contributed by atoms with Gasteiger partial charge in [0.1, 0.15) is 0 Å². The first-order chi connectivity index (χ1) is 14.6. The third-order valence-corrected chi connectivity index (χ3v) is 6.00. The maximum absolute atomic E-state index is 12.6. The van der Waals surface area contributed by atoms with Gasteiger partial charge in [0.2, 0.25) is 0 Å². The Morgan fingerprint density at radius 1 is 1.07 bits per heavy atom. The van der Waals surface area contributed by atoms with Crippen LogP contribution in [0.5, 0.6) is 0 Å². The highest BCUT2D eigenvalue weighted by molar-refractivity contribution is 7.18. The second-order valence-corrected chi connectivity index (χ2v) is 8.07. The van der Waals surface area contributed by atoms with E-state index in [1.165, 1.54) is 17.6 Å². The summed E-state index contributed by atoms with van der Waals surface area (Å²) in [6.45, 7) is 1.68. The van der Waals surface area contributed by atoms with Crippen molar-refractivity contribution in [1.29, 1.82) is 5.26 Å². The van der Waals surface area contributed by atoms with Crippen LogP contribution in [0.4, 0.5) is 10.7 Å². The molecule has 7 nitrogen and oxygen atoms in total. The van der Waals surface area contributed by atoms with Crippen LogP contribution in [0, 0.1) is 11.3 Å². The van der Waals surface area contributed by atoms with Gasteiger partial charge in [-0.1, -0.05) is 0 Å². The first-order valence-corrected chi connectivity index (χ1v) is 10.4. The van der Waals surface area contributed by atoms with Crippen molar-refractivity contribution in [2.24, 2.45) is 0 Å². The molecule has 8 heteroatoms. The number of hydrogen-bond donors (Lipinski definition) is 2. The minimum absolute atomic E-state index is 0.107. The third-order valence-electron chi connectivity index (χ3n) is 5.00. The molecular formula is C22H20N4O3S. The largest absolute Gasteiger partial charge is 0.459 e. The average molecular weight is 420 g/mol. The van der Waals surface area contributed by atoms with Crippen LogP contribution in [-0.2, 0) is 0 Å². The van der Waals surface area contributed by atoms with E-state index in [1.807, 2.05) is 24.3 Å². The smallest absolute Gasteiger partial charge is 0.291 e. The Morgan fingerprint density at radius 3 is 2.50 bits per heavy atom. The molecule has 1 saturated heterocycles. The molecule has 1 fully saturated rings. The molecule has 152 valence electrons. The van der Waals surface area contributed by atoms with Crippen molar-refractivity contribution in [1.82, 2.24) is 5.32 Å². The quantitative estimate of drug-likeness (QED) is 0.653. The lowest BCUT2D eigenvalue weighted by atomic mass is 10.0. The Kier molecular flexibility index (Phi) is 5.82. The van der Waals surface area contributed by atoms with Crippen LogP contribution in [0.15, 0.2) is 59.2 Å². The number of carbonyl (C=O) groups is 2. The fraction of sp³-hybridized carbons (Fsp3) is 0.227. The standard InChI is InChI=1S/C22H20N4O3S/c23-14-15-3-5-17(6-4-15)26-11-9-16(10-12-26)24-22(28)19-7-8-20(30-19)25-21(27)18-2-1-13-29-18/h1-8,13,16H,9-12H2,(H,24,28)(H,25,27). The molecule has 3 aromatic rings. The van der Waals surface area contributed by atoms with Crippen LogP contribution < -0.4 is 15.5 Å². The molecule has 2 aromatic heterocycles. The number of rotatable bonds is 5. The van der Waals surface area contributed by atoms with E-state index in [0.717, 1.165) is 31.6 Å². The third kappa shape index (κ3) is 4.53. The Labute approximate surface area is 177 Å². The summed E-state index contributed by atoms with van der Waals surface area (Å²) < 4.78 is 5.07. The fourth-order valence-corrected chi connectivity index (χ4v) is 4.20. The van der Waals surface area contributed by atoms with E-state index in [-0.39, 0.29) is 23.6 Å². The van der Waals surface area contributed by atoms with E-state index in [2.05, 4.69) is 21.6 Å². The first-order valence-electron chi connectivity index (χ1n) is 9.63.